The van der Waals surface area contributed by atoms with Crippen molar-refractivity contribution in [2.45, 2.75) is 13.5 Å². The molecule has 1 amide bonds. The lowest BCUT2D eigenvalue weighted by Gasteiger charge is -2.23. The van der Waals surface area contributed by atoms with Crippen LogP contribution in [-0.2, 0) is 6.54 Å². The highest BCUT2D eigenvalue weighted by Crippen LogP contribution is 2.20. The maximum Gasteiger partial charge on any atom is 0.258 e. The Hall–Kier alpha value is -2.94. The number of hydrogen-bond acceptors (Lipinski definition) is 2. The van der Waals surface area contributed by atoms with Crippen LogP contribution in [0.15, 0.2) is 79.1 Å². The summed E-state index contributed by atoms with van der Waals surface area (Å²) in [6.45, 7) is 2.53. The number of nitrogens with zero attached hydrogens (tertiary/aromatic N) is 2. The van der Waals surface area contributed by atoms with Crippen molar-refractivity contribution in [3.05, 3.63) is 95.8 Å². The molecule has 0 aliphatic heterocycles. The predicted molar refractivity (Wildman–Crippen MR) is 92.4 cm³/mol. The van der Waals surface area contributed by atoms with Gasteiger partial charge in [-0.1, -0.05) is 42.0 Å². The fourth-order valence-electron chi connectivity index (χ4n) is 2.42. The molecule has 1 heterocycles. The van der Waals surface area contributed by atoms with Crippen LogP contribution in [0, 0.1) is 6.92 Å². The van der Waals surface area contributed by atoms with Gasteiger partial charge in [0.1, 0.15) is 0 Å². The van der Waals surface area contributed by atoms with Crippen LogP contribution in [-0.4, -0.2) is 10.9 Å². The highest BCUT2D eigenvalue weighted by Gasteiger charge is 2.18. The van der Waals surface area contributed by atoms with E-state index in [2.05, 4.69) is 4.98 Å². The summed E-state index contributed by atoms with van der Waals surface area (Å²) in [5.74, 6) is -0.0155. The lowest BCUT2D eigenvalue weighted by molar-refractivity contribution is 0.0985. The molecule has 3 rings (SSSR count). The van der Waals surface area contributed by atoms with Gasteiger partial charge in [-0.2, -0.15) is 0 Å². The van der Waals surface area contributed by atoms with Gasteiger partial charge in [0.2, 0.25) is 0 Å². The molecule has 3 aromatic rings. The molecule has 1 aromatic heterocycles. The molecule has 3 heteroatoms. The van der Waals surface area contributed by atoms with Crippen molar-refractivity contribution in [1.82, 2.24) is 4.98 Å². The molecule has 0 spiro atoms. The SMILES string of the molecule is Cc1ccc(N(Cc2cccnc2)C(=O)c2ccccc2)cc1. The number of anilines is 1. The third-order valence-corrected chi connectivity index (χ3v) is 3.68. The van der Waals surface area contributed by atoms with Gasteiger partial charge < -0.3 is 4.90 Å². The zero-order valence-electron chi connectivity index (χ0n) is 13.0. The van der Waals surface area contributed by atoms with E-state index < -0.39 is 0 Å². The molecule has 114 valence electrons. The summed E-state index contributed by atoms with van der Waals surface area (Å²) in [6, 6.07) is 21.2. The van der Waals surface area contributed by atoms with Crippen molar-refractivity contribution in [3.63, 3.8) is 0 Å². The van der Waals surface area contributed by atoms with Gasteiger partial charge in [0.15, 0.2) is 0 Å². The summed E-state index contributed by atoms with van der Waals surface area (Å²) in [4.78, 5) is 18.9. The summed E-state index contributed by atoms with van der Waals surface area (Å²) in [5.41, 5.74) is 3.73. The summed E-state index contributed by atoms with van der Waals surface area (Å²) in [6.07, 6.45) is 3.53. The summed E-state index contributed by atoms with van der Waals surface area (Å²) in [7, 11) is 0. The lowest BCUT2D eigenvalue weighted by atomic mass is 10.1. The van der Waals surface area contributed by atoms with Crippen molar-refractivity contribution < 1.29 is 4.79 Å². The Balaban J connectivity index is 1.96. The Morgan fingerprint density at radius 3 is 2.35 bits per heavy atom. The van der Waals surface area contributed by atoms with Gasteiger partial charge in [-0.3, -0.25) is 9.78 Å². The number of benzene rings is 2. The average Bonchev–Trinajstić information content (AvgIpc) is 2.62. The fourth-order valence-corrected chi connectivity index (χ4v) is 2.42. The molecule has 0 N–H and O–H groups in total. The molecule has 0 aliphatic carbocycles. The minimum absolute atomic E-state index is 0.0155. The number of aromatic nitrogens is 1. The normalized spacial score (nSPS) is 10.3. The molecule has 0 aliphatic rings. The lowest BCUT2D eigenvalue weighted by Crippen LogP contribution is -2.30. The first kappa shape index (κ1) is 15.0. The highest BCUT2D eigenvalue weighted by molar-refractivity contribution is 6.06. The second-order valence-corrected chi connectivity index (χ2v) is 5.45. The van der Waals surface area contributed by atoms with Crippen LogP contribution >= 0.6 is 0 Å². The van der Waals surface area contributed by atoms with E-state index in [0.29, 0.717) is 12.1 Å². The molecule has 0 bridgehead atoms. The van der Waals surface area contributed by atoms with Crippen molar-refractivity contribution in [3.8, 4) is 0 Å². The molecule has 23 heavy (non-hydrogen) atoms. The first-order valence-corrected chi connectivity index (χ1v) is 7.56. The molecule has 0 saturated heterocycles. The Kier molecular flexibility index (Phi) is 4.48. The highest BCUT2D eigenvalue weighted by atomic mass is 16.2. The van der Waals surface area contributed by atoms with E-state index in [1.807, 2.05) is 73.7 Å². The molecule has 2 aromatic carbocycles. The topological polar surface area (TPSA) is 33.2 Å². The van der Waals surface area contributed by atoms with Crippen LogP contribution in [0.1, 0.15) is 21.5 Å². The first-order valence-electron chi connectivity index (χ1n) is 7.56. The Morgan fingerprint density at radius 2 is 1.70 bits per heavy atom. The van der Waals surface area contributed by atoms with Crippen molar-refractivity contribution >= 4 is 11.6 Å². The summed E-state index contributed by atoms with van der Waals surface area (Å²) in [5, 5.41) is 0. The van der Waals surface area contributed by atoms with E-state index in [0.717, 1.165) is 11.3 Å². The third kappa shape index (κ3) is 3.64. The number of hydrogen-bond donors (Lipinski definition) is 0. The van der Waals surface area contributed by atoms with E-state index >= 15 is 0 Å². The monoisotopic (exact) mass is 302 g/mol. The van der Waals surface area contributed by atoms with Crippen LogP contribution in [0.3, 0.4) is 0 Å². The second-order valence-electron chi connectivity index (χ2n) is 5.45. The smallest absolute Gasteiger partial charge is 0.258 e. The van der Waals surface area contributed by atoms with Gasteiger partial charge >= 0.3 is 0 Å². The van der Waals surface area contributed by atoms with E-state index in [1.165, 1.54) is 5.56 Å². The van der Waals surface area contributed by atoms with Crippen molar-refractivity contribution in [2.75, 3.05) is 4.90 Å². The number of carbonyl (C=O) groups excluding carboxylic acids is 1. The van der Waals surface area contributed by atoms with E-state index in [4.69, 9.17) is 0 Å². The zero-order valence-corrected chi connectivity index (χ0v) is 13.0. The zero-order chi connectivity index (χ0) is 16.1. The quantitative estimate of drug-likeness (QED) is 0.722. The largest absolute Gasteiger partial charge is 0.304 e. The molecule has 0 fully saturated rings. The number of rotatable bonds is 4. The third-order valence-electron chi connectivity index (χ3n) is 3.68. The van der Waals surface area contributed by atoms with Gasteiger partial charge in [-0.05, 0) is 42.8 Å². The molecular weight excluding hydrogens is 284 g/mol. The molecule has 0 radical (unpaired) electrons. The molecule has 0 unspecified atom stereocenters. The maximum absolute atomic E-state index is 12.9. The van der Waals surface area contributed by atoms with Crippen LogP contribution in [0.5, 0.6) is 0 Å². The Bertz CT molecular complexity index is 768. The minimum atomic E-state index is -0.0155. The van der Waals surface area contributed by atoms with Gasteiger partial charge in [0.25, 0.3) is 5.91 Å². The van der Waals surface area contributed by atoms with Crippen molar-refractivity contribution in [2.24, 2.45) is 0 Å². The maximum atomic E-state index is 12.9. The summed E-state index contributed by atoms with van der Waals surface area (Å²) >= 11 is 0. The number of carbonyl (C=O) groups is 1. The second kappa shape index (κ2) is 6.88. The van der Waals surface area contributed by atoms with Gasteiger partial charge in [-0.15, -0.1) is 0 Å². The fraction of sp³-hybridized carbons (Fsp3) is 0.100. The molecule has 0 saturated carbocycles. The van der Waals surface area contributed by atoms with Crippen LogP contribution in [0.25, 0.3) is 0 Å². The van der Waals surface area contributed by atoms with Gasteiger partial charge in [0, 0.05) is 23.6 Å². The van der Waals surface area contributed by atoms with E-state index in [-0.39, 0.29) is 5.91 Å². The number of pyridine rings is 1. The minimum Gasteiger partial charge on any atom is -0.304 e. The molecular formula is C20H18N2O. The Labute approximate surface area is 136 Å². The first-order chi connectivity index (χ1) is 11.2. The molecule has 3 nitrogen and oxygen atoms in total. The summed E-state index contributed by atoms with van der Waals surface area (Å²) < 4.78 is 0. The van der Waals surface area contributed by atoms with Gasteiger partial charge in [-0.25, -0.2) is 0 Å². The predicted octanol–water partition coefficient (Wildman–Crippen LogP) is 4.24. The van der Waals surface area contributed by atoms with Crippen molar-refractivity contribution in [1.29, 1.82) is 0 Å². The number of amides is 1. The van der Waals surface area contributed by atoms with Crippen LogP contribution in [0.2, 0.25) is 0 Å². The van der Waals surface area contributed by atoms with E-state index in [9.17, 15) is 4.79 Å². The average molecular weight is 302 g/mol. The number of aryl methyl sites for hydroxylation is 1. The Morgan fingerprint density at radius 1 is 0.957 bits per heavy atom. The van der Waals surface area contributed by atoms with Crippen LogP contribution < -0.4 is 4.90 Å². The standard InChI is InChI=1S/C20H18N2O/c1-16-9-11-19(12-10-16)22(15-17-6-5-13-21-14-17)20(23)18-7-3-2-4-8-18/h2-14H,15H2,1H3. The van der Waals surface area contributed by atoms with Crippen LogP contribution in [0.4, 0.5) is 5.69 Å². The van der Waals surface area contributed by atoms with Gasteiger partial charge in [0.05, 0.1) is 6.54 Å². The van der Waals surface area contributed by atoms with E-state index in [1.54, 1.807) is 17.3 Å². The molecule has 0 atom stereocenters.